The van der Waals surface area contributed by atoms with Crippen LogP contribution >= 0.6 is 0 Å². The number of hydrogen-bond donors (Lipinski definition) is 0. The van der Waals surface area contributed by atoms with Crippen molar-refractivity contribution in [3.8, 4) is 0 Å². The van der Waals surface area contributed by atoms with Crippen LogP contribution in [0, 0.1) is 40.9 Å². The summed E-state index contributed by atoms with van der Waals surface area (Å²) in [4.78, 5) is 5.97. The maximum Gasteiger partial charge on any atom is 0.130 e. The minimum Gasteiger partial charge on any atom is -0.461 e. The molecule has 1 spiro atoms. The molecule has 0 radical (unpaired) electrons. The van der Waals surface area contributed by atoms with E-state index < -0.39 is 0 Å². The first-order valence-corrected chi connectivity index (χ1v) is 24.7. The van der Waals surface area contributed by atoms with Gasteiger partial charge in [0.2, 0.25) is 0 Å². The number of nitrogens with zero attached hydrogens (tertiary/aromatic N) is 2. The molecule has 0 aromatic carbocycles. The molecule has 314 valence electrons. The van der Waals surface area contributed by atoms with Crippen LogP contribution in [0.2, 0.25) is 0 Å². The summed E-state index contributed by atoms with van der Waals surface area (Å²) in [6, 6.07) is 1.68. The molecule has 0 saturated heterocycles. The molecular formula is C59H62N2O. The first-order chi connectivity index (χ1) is 30.8. The summed E-state index contributed by atoms with van der Waals surface area (Å²) >= 11 is 0. The summed E-state index contributed by atoms with van der Waals surface area (Å²) < 4.78 is 6.53. The highest BCUT2D eigenvalue weighted by Gasteiger charge is 2.68. The lowest BCUT2D eigenvalue weighted by Gasteiger charge is -2.49. The van der Waals surface area contributed by atoms with Gasteiger partial charge in [-0.25, -0.2) is 0 Å². The molecule has 62 heavy (non-hydrogen) atoms. The van der Waals surface area contributed by atoms with Crippen molar-refractivity contribution in [3.05, 3.63) is 183 Å². The van der Waals surface area contributed by atoms with Gasteiger partial charge in [-0.3, -0.25) is 0 Å². The van der Waals surface area contributed by atoms with Crippen LogP contribution in [0.5, 0.6) is 0 Å². The summed E-state index contributed by atoms with van der Waals surface area (Å²) in [7, 11) is 0. The lowest BCUT2D eigenvalue weighted by molar-refractivity contribution is 0.129. The van der Waals surface area contributed by atoms with E-state index in [0.717, 1.165) is 56.8 Å². The lowest BCUT2D eigenvalue weighted by atomic mass is 9.57. The lowest BCUT2D eigenvalue weighted by Crippen LogP contribution is -2.48. The molecule has 11 atom stereocenters. The second-order valence-electron chi connectivity index (χ2n) is 20.3. The first kappa shape index (κ1) is 37.5. The smallest absolute Gasteiger partial charge is 0.130 e. The van der Waals surface area contributed by atoms with Gasteiger partial charge in [0, 0.05) is 57.9 Å². The average molecular weight is 815 g/mol. The van der Waals surface area contributed by atoms with Gasteiger partial charge < -0.3 is 14.2 Å². The zero-order valence-electron chi connectivity index (χ0n) is 36.3. The Bertz CT molecular complexity index is 2630. The van der Waals surface area contributed by atoms with Crippen molar-refractivity contribution in [2.24, 2.45) is 40.9 Å². The van der Waals surface area contributed by atoms with Crippen molar-refractivity contribution in [1.29, 1.82) is 0 Å². The first-order valence-electron chi connectivity index (χ1n) is 24.7. The zero-order valence-corrected chi connectivity index (χ0v) is 36.3. The monoisotopic (exact) mass is 814 g/mol. The summed E-state index contributed by atoms with van der Waals surface area (Å²) in [5.41, 5.74) is 12.2. The minimum atomic E-state index is -0.00265. The molecule has 0 bridgehead atoms. The van der Waals surface area contributed by atoms with E-state index in [0.29, 0.717) is 59.7 Å². The minimum absolute atomic E-state index is 0.00265. The second kappa shape index (κ2) is 15.1. The Morgan fingerprint density at radius 1 is 0.613 bits per heavy atom. The molecule has 1 aromatic rings. The fourth-order valence-corrected chi connectivity index (χ4v) is 15.3. The third-order valence-electron chi connectivity index (χ3n) is 17.5. The van der Waals surface area contributed by atoms with E-state index >= 15 is 0 Å². The zero-order chi connectivity index (χ0) is 40.8. The number of hydrogen-bond acceptors (Lipinski definition) is 3. The third-order valence-corrected chi connectivity index (χ3v) is 17.5. The van der Waals surface area contributed by atoms with Crippen molar-refractivity contribution in [2.75, 3.05) is 0 Å². The molecule has 0 amide bonds. The van der Waals surface area contributed by atoms with Crippen molar-refractivity contribution < 1.29 is 4.42 Å². The number of fused-ring (bicyclic) bond motifs is 13. The molecular weight excluding hydrogens is 753 g/mol. The van der Waals surface area contributed by atoms with Crippen LogP contribution < -0.4 is 10.6 Å². The van der Waals surface area contributed by atoms with Gasteiger partial charge in [0.25, 0.3) is 0 Å². The van der Waals surface area contributed by atoms with Gasteiger partial charge in [0.15, 0.2) is 0 Å². The largest absolute Gasteiger partial charge is 0.461 e. The van der Waals surface area contributed by atoms with Gasteiger partial charge >= 0.3 is 0 Å². The van der Waals surface area contributed by atoms with Gasteiger partial charge in [-0.05, 0) is 136 Å². The SMILES string of the molecule is C1=CC2C3=C(CC(N(C4=C5C=CCCC5=CCC4)C4CC=CCC4)C=C3)C3(C2C=C1)C1C=CC=CC1C1C(N(C2C=c4c5c(oc4=CC2)CCC=C5)C2CC=CCC2)=CC=CC13. The predicted molar refractivity (Wildman–Crippen MR) is 254 cm³/mol. The molecule has 0 N–H and O–H groups in total. The van der Waals surface area contributed by atoms with Gasteiger partial charge in [-0.15, -0.1) is 0 Å². The Labute approximate surface area is 369 Å². The molecule has 11 unspecified atom stereocenters. The Hall–Kier alpha value is -5.02. The molecule has 13 rings (SSSR count). The Kier molecular flexibility index (Phi) is 9.12. The quantitative estimate of drug-likeness (QED) is 0.267. The van der Waals surface area contributed by atoms with Crippen LogP contribution in [0.15, 0.2) is 166 Å². The van der Waals surface area contributed by atoms with Gasteiger partial charge in [0.05, 0.1) is 12.1 Å². The fourth-order valence-electron chi connectivity index (χ4n) is 15.3. The Morgan fingerprint density at radius 3 is 2.27 bits per heavy atom. The van der Waals surface area contributed by atoms with E-state index in [1.165, 1.54) is 55.1 Å². The van der Waals surface area contributed by atoms with Crippen LogP contribution in [-0.4, -0.2) is 34.0 Å². The molecule has 0 aliphatic heterocycles. The summed E-state index contributed by atoms with van der Waals surface area (Å²) in [5.74, 6) is 3.72. The highest BCUT2D eigenvalue weighted by molar-refractivity contribution is 5.60. The van der Waals surface area contributed by atoms with Crippen molar-refractivity contribution in [3.63, 3.8) is 0 Å². The molecule has 1 aromatic heterocycles. The van der Waals surface area contributed by atoms with Crippen LogP contribution in [0.25, 0.3) is 18.2 Å². The third kappa shape index (κ3) is 5.61. The normalized spacial score (nSPS) is 37.5. The number of rotatable bonds is 6. The van der Waals surface area contributed by atoms with E-state index in [4.69, 9.17) is 4.42 Å². The van der Waals surface area contributed by atoms with Crippen molar-refractivity contribution in [2.45, 2.75) is 114 Å². The Morgan fingerprint density at radius 2 is 1.40 bits per heavy atom. The summed E-state index contributed by atoms with van der Waals surface area (Å²) in [5, 5.41) is 1.33. The van der Waals surface area contributed by atoms with Gasteiger partial charge in [-0.1, -0.05) is 139 Å². The van der Waals surface area contributed by atoms with E-state index in [1.807, 2.05) is 0 Å². The molecule has 12 aliphatic rings. The molecule has 12 aliphatic carbocycles. The summed E-state index contributed by atoms with van der Waals surface area (Å²) in [6.07, 6.45) is 76.3. The predicted octanol–water partition coefficient (Wildman–Crippen LogP) is 11.8. The van der Waals surface area contributed by atoms with Gasteiger partial charge in [0.1, 0.15) is 11.2 Å². The van der Waals surface area contributed by atoms with E-state index in [1.54, 1.807) is 33.7 Å². The van der Waals surface area contributed by atoms with Crippen LogP contribution in [0.4, 0.5) is 0 Å². The van der Waals surface area contributed by atoms with E-state index in [-0.39, 0.29) is 5.41 Å². The highest BCUT2D eigenvalue weighted by atomic mass is 16.3. The number of allylic oxidation sites excluding steroid dienone is 23. The van der Waals surface area contributed by atoms with Crippen LogP contribution in [0.3, 0.4) is 0 Å². The van der Waals surface area contributed by atoms with Gasteiger partial charge in [-0.2, -0.15) is 0 Å². The second-order valence-corrected chi connectivity index (χ2v) is 20.3. The molecule has 1 saturated carbocycles. The molecule has 3 heteroatoms. The Balaban J connectivity index is 0.937. The van der Waals surface area contributed by atoms with Crippen LogP contribution in [0.1, 0.15) is 94.8 Å². The topological polar surface area (TPSA) is 19.6 Å². The average Bonchev–Trinajstić information content (AvgIpc) is 3.97. The van der Waals surface area contributed by atoms with E-state index in [9.17, 15) is 0 Å². The fraction of sp³-hybridized carbons (Fsp3) is 0.424. The number of furan rings is 1. The summed E-state index contributed by atoms with van der Waals surface area (Å²) in [6.45, 7) is 0. The standard InChI is InChI=1S/C59H62N2O/c1-3-19-40(20-4-1)60(54-30-15-18-39-17-7-8-23-44(39)54)43-33-35-46-45-24-9-12-27-50(45)59(53(46)38-43)51-28-13-10-26-48(51)58-52(59)29-16-31-55(58)61(41-21-5-2-6-22-41)42-34-36-57-49(37-42)47-25-11-14-32-56(47)62-57/h1-3,5,8-13,16,18,23-29,31,33,35-37,40-43,45,48,50-52,58H,4,6-7,14-15,17,19-22,30,32,34,38H2. The van der Waals surface area contributed by atoms with Crippen molar-refractivity contribution >= 4 is 18.2 Å². The molecule has 3 nitrogen and oxygen atoms in total. The number of aryl methyl sites for hydroxylation is 1. The van der Waals surface area contributed by atoms with Crippen molar-refractivity contribution in [1.82, 2.24) is 9.80 Å². The maximum atomic E-state index is 6.53. The highest BCUT2D eigenvalue weighted by Crippen LogP contribution is 2.73. The van der Waals surface area contributed by atoms with E-state index in [2.05, 4.69) is 156 Å². The maximum absolute atomic E-state index is 6.53. The van der Waals surface area contributed by atoms with Crippen LogP contribution in [-0.2, 0) is 6.42 Å². The molecule has 1 heterocycles. The molecule has 1 fully saturated rings.